The topological polar surface area (TPSA) is 82.1 Å². The maximum absolute atomic E-state index is 12.6. The number of imidazole rings is 1. The van der Waals surface area contributed by atoms with E-state index in [1.807, 2.05) is 27.7 Å². The Morgan fingerprint density at radius 3 is 2.28 bits per heavy atom. The Kier molecular flexibility index (Phi) is 5.76. The molecule has 0 aliphatic carbocycles. The molecule has 2 aromatic heterocycles. The molecule has 1 amide bonds. The molecule has 0 aromatic carbocycles. The minimum atomic E-state index is -0.415. The average Bonchev–Trinajstić information content (AvgIpc) is 2.97. The van der Waals surface area contributed by atoms with Crippen molar-refractivity contribution in [1.82, 2.24) is 23.6 Å². The van der Waals surface area contributed by atoms with Crippen molar-refractivity contribution in [2.75, 3.05) is 18.8 Å². The minimum absolute atomic E-state index is 0.0266. The number of thioether (sulfide) groups is 1. The molecular weight excluding hydrogens is 342 g/mol. The van der Waals surface area contributed by atoms with Gasteiger partial charge < -0.3 is 9.47 Å². The van der Waals surface area contributed by atoms with E-state index in [-0.39, 0.29) is 23.3 Å². The van der Waals surface area contributed by atoms with Gasteiger partial charge in [-0.2, -0.15) is 0 Å². The molecule has 0 unspecified atom stereocenters. The lowest BCUT2D eigenvalue weighted by atomic mass is 10.4. The van der Waals surface area contributed by atoms with Crippen molar-refractivity contribution >= 4 is 28.8 Å². The average molecular weight is 367 g/mol. The summed E-state index contributed by atoms with van der Waals surface area (Å²) in [5.41, 5.74) is -0.0557. The van der Waals surface area contributed by atoms with E-state index >= 15 is 0 Å². The van der Waals surface area contributed by atoms with E-state index in [4.69, 9.17) is 0 Å². The highest BCUT2D eigenvalue weighted by molar-refractivity contribution is 7.99. The third-order valence-corrected chi connectivity index (χ3v) is 5.15. The minimum Gasteiger partial charge on any atom is -0.343 e. The molecule has 0 aliphatic rings. The van der Waals surface area contributed by atoms with Gasteiger partial charge >= 0.3 is 5.69 Å². The van der Waals surface area contributed by atoms with Gasteiger partial charge in [-0.15, -0.1) is 0 Å². The number of amides is 1. The van der Waals surface area contributed by atoms with Gasteiger partial charge in [-0.1, -0.05) is 11.8 Å². The smallest absolute Gasteiger partial charge is 0.332 e. The fourth-order valence-electron chi connectivity index (χ4n) is 2.77. The first kappa shape index (κ1) is 19.3. The second-order valence-corrected chi connectivity index (χ2v) is 7.03. The van der Waals surface area contributed by atoms with E-state index < -0.39 is 5.69 Å². The Morgan fingerprint density at radius 1 is 1.16 bits per heavy atom. The van der Waals surface area contributed by atoms with E-state index in [9.17, 15) is 14.4 Å². The van der Waals surface area contributed by atoms with Crippen LogP contribution >= 0.6 is 11.8 Å². The van der Waals surface area contributed by atoms with Crippen molar-refractivity contribution in [3.63, 3.8) is 0 Å². The van der Waals surface area contributed by atoms with Gasteiger partial charge in [0.2, 0.25) is 5.91 Å². The highest BCUT2D eigenvalue weighted by atomic mass is 32.2. The molecule has 0 spiro atoms. The molecule has 0 saturated carbocycles. The van der Waals surface area contributed by atoms with E-state index in [0.717, 1.165) is 4.57 Å². The van der Waals surface area contributed by atoms with Crippen LogP contribution in [0.1, 0.15) is 33.7 Å². The highest BCUT2D eigenvalue weighted by Crippen LogP contribution is 2.25. The number of hydrogen-bond acceptors (Lipinski definition) is 5. The molecule has 2 rings (SSSR count). The van der Waals surface area contributed by atoms with E-state index in [0.29, 0.717) is 29.4 Å². The Balaban J connectivity index is 2.54. The molecule has 0 fully saturated rings. The normalized spacial score (nSPS) is 11.5. The second-order valence-electron chi connectivity index (χ2n) is 6.09. The molecule has 138 valence electrons. The zero-order valence-electron chi connectivity index (χ0n) is 15.6. The first-order valence-corrected chi connectivity index (χ1v) is 9.31. The lowest BCUT2D eigenvalue weighted by Crippen LogP contribution is -2.37. The SMILES string of the molecule is CCN(CC)C(=O)CSc1nc2c(c(=O)n(C)c(=O)n2C)n1C(C)C. The van der Waals surface area contributed by atoms with Crippen molar-refractivity contribution in [3.05, 3.63) is 20.8 Å². The lowest BCUT2D eigenvalue weighted by Gasteiger charge is -2.18. The summed E-state index contributed by atoms with van der Waals surface area (Å²) >= 11 is 1.29. The van der Waals surface area contributed by atoms with Gasteiger partial charge in [0.15, 0.2) is 16.3 Å². The summed E-state index contributed by atoms with van der Waals surface area (Å²) in [6, 6.07) is -0.0266. The van der Waals surface area contributed by atoms with Crippen LogP contribution in [0.15, 0.2) is 14.7 Å². The van der Waals surface area contributed by atoms with E-state index in [2.05, 4.69) is 4.98 Å². The third kappa shape index (κ3) is 3.37. The van der Waals surface area contributed by atoms with Gasteiger partial charge in [-0.3, -0.25) is 18.7 Å². The van der Waals surface area contributed by atoms with Crippen LogP contribution in [0, 0.1) is 0 Å². The van der Waals surface area contributed by atoms with Crippen molar-refractivity contribution in [1.29, 1.82) is 0 Å². The number of fused-ring (bicyclic) bond motifs is 1. The largest absolute Gasteiger partial charge is 0.343 e. The third-order valence-electron chi connectivity index (χ3n) is 4.22. The van der Waals surface area contributed by atoms with Crippen LogP contribution in [0.5, 0.6) is 0 Å². The summed E-state index contributed by atoms with van der Waals surface area (Å²) < 4.78 is 4.25. The van der Waals surface area contributed by atoms with Gasteiger partial charge in [0.1, 0.15) is 0 Å². The molecule has 0 radical (unpaired) electrons. The molecule has 0 saturated heterocycles. The number of carbonyl (C=O) groups excluding carboxylic acids is 1. The van der Waals surface area contributed by atoms with Crippen LogP contribution in [0.2, 0.25) is 0 Å². The number of rotatable bonds is 6. The van der Waals surface area contributed by atoms with Gasteiger partial charge in [0, 0.05) is 33.2 Å². The van der Waals surface area contributed by atoms with Crippen LogP contribution in [0.4, 0.5) is 0 Å². The number of aromatic nitrogens is 4. The molecule has 9 heteroatoms. The van der Waals surface area contributed by atoms with Gasteiger partial charge in [0.25, 0.3) is 5.56 Å². The number of aryl methyl sites for hydroxylation is 1. The maximum Gasteiger partial charge on any atom is 0.332 e. The number of hydrogen-bond donors (Lipinski definition) is 0. The Morgan fingerprint density at radius 2 is 1.76 bits per heavy atom. The zero-order valence-corrected chi connectivity index (χ0v) is 16.4. The van der Waals surface area contributed by atoms with Crippen LogP contribution in [0.3, 0.4) is 0 Å². The molecule has 8 nitrogen and oxygen atoms in total. The van der Waals surface area contributed by atoms with Crippen molar-refractivity contribution < 1.29 is 4.79 Å². The van der Waals surface area contributed by atoms with E-state index in [1.165, 1.54) is 23.4 Å². The van der Waals surface area contributed by atoms with Crippen molar-refractivity contribution in [3.8, 4) is 0 Å². The molecule has 0 N–H and O–H groups in total. The first-order valence-electron chi connectivity index (χ1n) is 8.33. The predicted molar refractivity (Wildman–Crippen MR) is 99.3 cm³/mol. The molecule has 25 heavy (non-hydrogen) atoms. The maximum atomic E-state index is 12.6. The summed E-state index contributed by atoms with van der Waals surface area (Å²) in [5, 5.41) is 0.573. The highest BCUT2D eigenvalue weighted by Gasteiger charge is 2.22. The lowest BCUT2D eigenvalue weighted by molar-refractivity contribution is -0.127. The van der Waals surface area contributed by atoms with Crippen LogP contribution in [-0.4, -0.2) is 48.3 Å². The zero-order chi connectivity index (χ0) is 18.9. The standard InChI is InChI=1S/C16H25N5O3S/c1-7-20(8-2)11(22)9-25-15-17-13-12(21(15)10(3)4)14(23)19(6)16(24)18(13)5/h10H,7-9H2,1-6H3. The molecule has 2 aromatic rings. The van der Waals surface area contributed by atoms with Crippen LogP contribution in [-0.2, 0) is 18.9 Å². The first-order chi connectivity index (χ1) is 11.7. The van der Waals surface area contributed by atoms with Gasteiger partial charge in [-0.05, 0) is 27.7 Å². The van der Waals surface area contributed by atoms with Gasteiger partial charge in [0.05, 0.1) is 5.75 Å². The Bertz CT molecular complexity index is 905. The summed E-state index contributed by atoms with van der Waals surface area (Å²) in [5.74, 6) is 0.269. The van der Waals surface area contributed by atoms with Crippen molar-refractivity contribution in [2.24, 2.45) is 14.1 Å². The summed E-state index contributed by atoms with van der Waals surface area (Å²) in [7, 11) is 3.05. The number of nitrogens with zero attached hydrogens (tertiary/aromatic N) is 5. The van der Waals surface area contributed by atoms with Crippen molar-refractivity contribution in [2.45, 2.75) is 38.9 Å². The van der Waals surface area contributed by atoms with E-state index in [1.54, 1.807) is 16.5 Å². The van der Waals surface area contributed by atoms with Crippen LogP contribution in [0.25, 0.3) is 11.2 Å². The van der Waals surface area contributed by atoms with Crippen LogP contribution < -0.4 is 11.2 Å². The Labute approximate surface area is 150 Å². The summed E-state index contributed by atoms with van der Waals surface area (Å²) in [6.07, 6.45) is 0. The molecule has 2 heterocycles. The summed E-state index contributed by atoms with van der Waals surface area (Å²) in [4.78, 5) is 43.2. The summed E-state index contributed by atoms with van der Waals surface area (Å²) in [6.45, 7) is 9.09. The molecule has 0 atom stereocenters. The monoisotopic (exact) mass is 367 g/mol. The molecule has 0 bridgehead atoms. The van der Waals surface area contributed by atoms with Gasteiger partial charge in [-0.25, -0.2) is 9.78 Å². The fraction of sp³-hybridized carbons (Fsp3) is 0.625. The number of carbonyl (C=O) groups is 1. The predicted octanol–water partition coefficient (Wildman–Crippen LogP) is 0.975. The second kappa shape index (κ2) is 7.47. The molecular formula is C16H25N5O3S. The quantitative estimate of drug-likeness (QED) is 0.711. The molecule has 0 aliphatic heterocycles. The Hall–Kier alpha value is -2.03. The fourth-order valence-corrected chi connectivity index (χ4v) is 3.80.